The maximum absolute atomic E-state index is 12.6. The normalized spacial score (nSPS) is 36.9. The van der Waals surface area contributed by atoms with Gasteiger partial charge < -0.3 is 15.0 Å². The van der Waals surface area contributed by atoms with Crippen LogP contribution in [0, 0.1) is 11.8 Å². The first kappa shape index (κ1) is 12.4. The van der Waals surface area contributed by atoms with Crippen molar-refractivity contribution in [2.75, 3.05) is 26.7 Å². The highest BCUT2D eigenvalue weighted by atomic mass is 16.5. The Kier molecular flexibility index (Phi) is 3.57. The van der Waals surface area contributed by atoms with Crippen LogP contribution < -0.4 is 5.32 Å². The molecule has 3 atom stereocenters. The Morgan fingerprint density at radius 2 is 2.00 bits per heavy atom. The summed E-state index contributed by atoms with van der Waals surface area (Å²) in [5.41, 5.74) is 0. The first-order valence-electron chi connectivity index (χ1n) is 7.34. The number of piperidine rings is 1. The summed E-state index contributed by atoms with van der Waals surface area (Å²) < 4.78 is 5.36. The van der Waals surface area contributed by atoms with Crippen LogP contribution in [0.25, 0.3) is 0 Å². The van der Waals surface area contributed by atoms with E-state index in [4.69, 9.17) is 4.74 Å². The summed E-state index contributed by atoms with van der Waals surface area (Å²) in [7, 11) is 1.77. The summed E-state index contributed by atoms with van der Waals surface area (Å²) >= 11 is 0. The molecule has 0 spiro atoms. The highest BCUT2D eigenvalue weighted by molar-refractivity contribution is 5.82. The van der Waals surface area contributed by atoms with Crippen molar-refractivity contribution in [2.45, 2.75) is 44.2 Å². The smallest absolute Gasteiger partial charge is 0.240 e. The largest absolute Gasteiger partial charge is 0.381 e. The molecule has 102 valence electrons. The molecule has 4 heteroatoms. The molecule has 1 saturated carbocycles. The molecule has 1 N–H and O–H groups in total. The van der Waals surface area contributed by atoms with Crippen molar-refractivity contribution in [3.63, 3.8) is 0 Å². The van der Waals surface area contributed by atoms with Crippen LogP contribution in [0.4, 0.5) is 0 Å². The van der Waals surface area contributed by atoms with Crippen molar-refractivity contribution in [3.8, 4) is 0 Å². The topological polar surface area (TPSA) is 41.6 Å². The van der Waals surface area contributed by atoms with Gasteiger partial charge in [-0.25, -0.2) is 0 Å². The van der Waals surface area contributed by atoms with Crippen molar-refractivity contribution < 1.29 is 9.53 Å². The Labute approximate surface area is 109 Å². The van der Waals surface area contributed by atoms with Crippen molar-refractivity contribution in [3.05, 3.63) is 0 Å². The van der Waals surface area contributed by atoms with Crippen molar-refractivity contribution in [2.24, 2.45) is 11.8 Å². The molecule has 3 unspecified atom stereocenters. The van der Waals surface area contributed by atoms with Gasteiger partial charge in [0.2, 0.25) is 5.91 Å². The molecule has 3 rings (SSSR count). The molecule has 0 aromatic rings. The highest BCUT2D eigenvalue weighted by Gasteiger charge is 2.44. The lowest BCUT2D eigenvalue weighted by molar-refractivity contribution is -0.136. The summed E-state index contributed by atoms with van der Waals surface area (Å²) in [6.45, 7) is 2.79. The SMILES string of the molecule is COC1CCN(C(=O)C2NCC3CCCC32)CC1. The lowest BCUT2D eigenvalue weighted by Gasteiger charge is -2.34. The van der Waals surface area contributed by atoms with E-state index in [-0.39, 0.29) is 6.04 Å². The van der Waals surface area contributed by atoms with E-state index in [1.807, 2.05) is 4.90 Å². The monoisotopic (exact) mass is 252 g/mol. The summed E-state index contributed by atoms with van der Waals surface area (Å²) in [4.78, 5) is 14.6. The van der Waals surface area contributed by atoms with Crippen LogP contribution >= 0.6 is 0 Å². The number of hydrogen-bond donors (Lipinski definition) is 1. The summed E-state index contributed by atoms with van der Waals surface area (Å²) in [6.07, 6.45) is 6.19. The van der Waals surface area contributed by atoms with E-state index in [1.165, 1.54) is 19.3 Å². The predicted octanol–water partition coefficient (Wildman–Crippen LogP) is 1.01. The molecule has 18 heavy (non-hydrogen) atoms. The van der Waals surface area contributed by atoms with E-state index < -0.39 is 0 Å². The van der Waals surface area contributed by atoms with Gasteiger partial charge in [-0.3, -0.25) is 4.79 Å². The molecule has 2 heterocycles. The van der Waals surface area contributed by atoms with Gasteiger partial charge in [-0.05, 0) is 44.1 Å². The van der Waals surface area contributed by atoms with Crippen molar-refractivity contribution in [1.82, 2.24) is 10.2 Å². The number of amides is 1. The predicted molar refractivity (Wildman–Crippen MR) is 69.2 cm³/mol. The average molecular weight is 252 g/mol. The van der Waals surface area contributed by atoms with Crippen LogP contribution in [0.2, 0.25) is 0 Å². The van der Waals surface area contributed by atoms with E-state index in [9.17, 15) is 4.79 Å². The maximum Gasteiger partial charge on any atom is 0.240 e. The summed E-state index contributed by atoms with van der Waals surface area (Å²) in [5.74, 6) is 1.71. The number of nitrogens with zero attached hydrogens (tertiary/aromatic N) is 1. The quantitative estimate of drug-likeness (QED) is 0.797. The van der Waals surface area contributed by atoms with Gasteiger partial charge in [0.15, 0.2) is 0 Å². The zero-order valence-corrected chi connectivity index (χ0v) is 11.2. The van der Waals surface area contributed by atoms with Crippen LogP contribution in [-0.2, 0) is 9.53 Å². The van der Waals surface area contributed by atoms with Gasteiger partial charge in [0.1, 0.15) is 0 Å². The van der Waals surface area contributed by atoms with E-state index in [1.54, 1.807) is 7.11 Å². The number of nitrogens with one attached hydrogen (secondary N) is 1. The minimum atomic E-state index is 0.108. The third-order valence-electron chi connectivity index (χ3n) is 5.10. The van der Waals surface area contributed by atoms with Gasteiger partial charge in [-0.15, -0.1) is 0 Å². The fourth-order valence-corrected chi connectivity index (χ4v) is 3.97. The van der Waals surface area contributed by atoms with Gasteiger partial charge in [0, 0.05) is 20.2 Å². The molecule has 0 aromatic heterocycles. The minimum absolute atomic E-state index is 0.108. The fraction of sp³-hybridized carbons (Fsp3) is 0.929. The zero-order valence-electron chi connectivity index (χ0n) is 11.2. The van der Waals surface area contributed by atoms with Crippen LogP contribution in [0.5, 0.6) is 0 Å². The molecule has 3 fully saturated rings. The molecule has 0 radical (unpaired) electrons. The van der Waals surface area contributed by atoms with Crippen molar-refractivity contribution in [1.29, 1.82) is 0 Å². The number of carbonyl (C=O) groups is 1. The number of likely N-dealkylation sites (tertiary alicyclic amines) is 1. The average Bonchev–Trinajstić information content (AvgIpc) is 3.00. The standard InChI is InChI=1S/C14H24N2O2/c1-18-11-5-7-16(8-6-11)14(17)13-12-4-2-3-10(12)9-15-13/h10-13,15H,2-9H2,1H3. The lowest BCUT2D eigenvalue weighted by Crippen LogP contribution is -2.49. The summed E-state index contributed by atoms with van der Waals surface area (Å²) in [5, 5.41) is 3.46. The van der Waals surface area contributed by atoms with E-state index in [2.05, 4.69) is 5.32 Å². The van der Waals surface area contributed by atoms with Crippen LogP contribution in [0.3, 0.4) is 0 Å². The Balaban J connectivity index is 1.58. The van der Waals surface area contributed by atoms with Gasteiger partial charge in [0.05, 0.1) is 12.1 Å². The maximum atomic E-state index is 12.6. The molecular formula is C14H24N2O2. The van der Waals surface area contributed by atoms with Gasteiger partial charge in [-0.1, -0.05) is 6.42 Å². The van der Waals surface area contributed by atoms with E-state index in [0.29, 0.717) is 17.9 Å². The van der Waals surface area contributed by atoms with E-state index >= 15 is 0 Å². The van der Waals surface area contributed by atoms with Gasteiger partial charge in [-0.2, -0.15) is 0 Å². The Bertz CT molecular complexity index is 313. The molecule has 3 aliphatic rings. The summed E-state index contributed by atoms with van der Waals surface area (Å²) in [6, 6.07) is 0.108. The first-order valence-corrected chi connectivity index (χ1v) is 7.34. The molecule has 2 aliphatic heterocycles. The Hall–Kier alpha value is -0.610. The van der Waals surface area contributed by atoms with Gasteiger partial charge in [0.25, 0.3) is 0 Å². The third-order valence-corrected chi connectivity index (χ3v) is 5.10. The molecule has 0 bridgehead atoms. The fourth-order valence-electron chi connectivity index (χ4n) is 3.97. The Morgan fingerprint density at radius 1 is 1.22 bits per heavy atom. The Morgan fingerprint density at radius 3 is 2.72 bits per heavy atom. The molecule has 2 saturated heterocycles. The molecule has 1 amide bonds. The first-order chi connectivity index (χ1) is 8.79. The number of rotatable bonds is 2. The minimum Gasteiger partial charge on any atom is -0.381 e. The molecular weight excluding hydrogens is 228 g/mol. The van der Waals surface area contributed by atoms with Crippen LogP contribution in [0.15, 0.2) is 0 Å². The second-order valence-corrected chi connectivity index (χ2v) is 6.00. The molecule has 0 aromatic carbocycles. The highest BCUT2D eigenvalue weighted by Crippen LogP contribution is 2.38. The molecule has 1 aliphatic carbocycles. The second-order valence-electron chi connectivity index (χ2n) is 6.00. The van der Waals surface area contributed by atoms with Gasteiger partial charge >= 0.3 is 0 Å². The number of ether oxygens (including phenoxy) is 1. The number of fused-ring (bicyclic) bond motifs is 1. The third kappa shape index (κ3) is 2.16. The molecule has 4 nitrogen and oxygen atoms in total. The number of carbonyl (C=O) groups excluding carboxylic acids is 1. The van der Waals surface area contributed by atoms with Crippen LogP contribution in [-0.4, -0.2) is 49.7 Å². The second kappa shape index (κ2) is 5.17. The number of hydrogen-bond acceptors (Lipinski definition) is 3. The zero-order chi connectivity index (χ0) is 12.5. The number of methoxy groups -OCH3 is 1. The lowest BCUT2D eigenvalue weighted by atomic mass is 9.93. The van der Waals surface area contributed by atoms with Crippen LogP contribution in [0.1, 0.15) is 32.1 Å². The van der Waals surface area contributed by atoms with Crippen molar-refractivity contribution >= 4 is 5.91 Å². The van der Waals surface area contributed by atoms with E-state index in [0.717, 1.165) is 38.4 Å².